The van der Waals surface area contributed by atoms with Gasteiger partial charge >= 0.3 is 11.6 Å². The summed E-state index contributed by atoms with van der Waals surface area (Å²) in [6, 6.07) is 20.7. The molecule has 0 spiro atoms. The number of hydrogen-bond donors (Lipinski definition) is 1. The van der Waals surface area contributed by atoms with Gasteiger partial charge in [-0.1, -0.05) is 48.0 Å². The fourth-order valence-corrected chi connectivity index (χ4v) is 2.81. The van der Waals surface area contributed by atoms with E-state index in [2.05, 4.69) is 15.3 Å². The first-order chi connectivity index (χ1) is 13.6. The molecule has 28 heavy (non-hydrogen) atoms. The number of nitrogens with one attached hydrogen (secondary N) is 1. The highest BCUT2D eigenvalue weighted by Crippen LogP contribution is 2.36. The van der Waals surface area contributed by atoms with Gasteiger partial charge in [-0.15, -0.1) is 0 Å². The van der Waals surface area contributed by atoms with Crippen LogP contribution >= 0.6 is 0 Å². The minimum absolute atomic E-state index is 0.0691. The molecule has 0 aliphatic rings. The zero-order valence-corrected chi connectivity index (χ0v) is 15.0. The molecule has 4 rings (SSSR count). The highest BCUT2D eigenvalue weighted by Gasteiger charge is 2.25. The average molecular weight is 372 g/mol. The van der Waals surface area contributed by atoms with E-state index >= 15 is 0 Å². The second-order valence-corrected chi connectivity index (χ2v) is 6.24. The Labute approximate surface area is 160 Å². The summed E-state index contributed by atoms with van der Waals surface area (Å²) in [6.07, 6.45) is 1.24. The SMILES string of the molecule is Cc1ccc(Nc2ncnc(Oc3ccc4ccccc4c3)c2[N+](=O)[O-])cc1. The predicted octanol–water partition coefficient (Wildman–Crippen LogP) is 5.38. The number of fused-ring (bicyclic) bond motifs is 1. The maximum atomic E-state index is 11.7. The van der Waals surface area contributed by atoms with Crippen molar-refractivity contribution in [1.82, 2.24) is 9.97 Å². The molecule has 0 atom stereocenters. The lowest BCUT2D eigenvalue weighted by atomic mass is 10.1. The van der Waals surface area contributed by atoms with Gasteiger partial charge in [-0.25, -0.2) is 4.98 Å². The first-order valence-corrected chi connectivity index (χ1v) is 8.60. The Hall–Kier alpha value is -4.00. The number of ether oxygens (including phenoxy) is 1. The Balaban J connectivity index is 1.69. The smallest absolute Gasteiger partial charge is 0.373 e. The van der Waals surface area contributed by atoms with Crippen molar-refractivity contribution in [3.63, 3.8) is 0 Å². The van der Waals surface area contributed by atoms with Crippen molar-refractivity contribution >= 4 is 28.0 Å². The molecule has 4 aromatic rings. The molecule has 138 valence electrons. The second kappa shape index (κ2) is 7.32. The van der Waals surface area contributed by atoms with Gasteiger partial charge in [-0.3, -0.25) is 10.1 Å². The third-order valence-corrected chi connectivity index (χ3v) is 4.22. The van der Waals surface area contributed by atoms with Crippen LogP contribution in [0, 0.1) is 17.0 Å². The van der Waals surface area contributed by atoms with Crippen LogP contribution < -0.4 is 10.1 Å². The Morgan fingerprint density at radius 2 is 1.71 bits per heavy atom. The molecule has 7 nitrogen and oxygen atoms in total. The largest absolute Gasteiger partial charge is 0.434 e. The molecule has 1 N–H and O–H groups in total. The molecular weight excluding hydrogens is 356 g/mol. The monoisotopic (exact) mass is 372 g/mol. The van der Waals surface area contributed by atoms with Crippen molar-refractivity contribution in [2.45, 2.75) is 6.92 Å². The zero-order valence-electron chi connectivity index (χ0n) is 15.0. The third kappa shape index (κ3) is 3.59. The third-order valence-electron chi connectivity index (χ3n) is 4.22. The number of aryl methyl sites for hydroxylation is 1. The number of nitrogens with zero attached hydrogens (tertiary/aromatic N) is 3. The van der Waals surface area contributed by atoms with Crippen LogP contribution in [-0.2, 0) is 0 Å². The maximum absolute atomic E-state index is 11.7. The lowest BCUT2D eigenvalue weighted by Crippen LogP contribution is -2.03. The van der Waals surface area contributed by atoms with Gasteiger partial charge in [0.1, 0.15) is 12.1 Å². The van der Waals surface area contributed by atoms with E-state index in [1.807, 2.05) is 67.6 Å². The van der Waals surface area contributed by atoms with E-state index < -0.39 is 4.92 Å². The number of rotatable bonds is 5. The van der Waals surface area contributed by atoms with Gasteiger partial charge in [-0.05, 0) is 42.0 Å². The summed E-state index contributed by atoms with van der Waals surface area (Å²) in [5.74, 6) is 0.409. The molecule has 0 amide bonds. The molecule has 0 saturated carbocycles. The van der Waals surface area contributed by atoms with Crippen molar-refractivity contribution in [2.75, 3.05) is 5.32 Å². The van der Waals surface area contributed by atoms with E-state index in [9.17, 15) is 10.1 Å². The quantitative estimate of drug-likeness (QED) is 0.373. The average Bonchev–Trinajstić information content (AvgIpc) is 2.69. The predicted molar refractivity (Wildman–Crippen MR) is 107 cm³/mol. The highest BCUT2D eigenvalue weighted by atomic mass is 16.6. The normalized spacial score (nSPS) is 10.6. The molecular formula is C21H16N4O3. The molecule has 0 aliphatic heterocycles. The van der Waals surface area contributed by atoms with Crippen molar-refractivity contribution in [1.29, 1.82) is 0 Å². The fourth-order valence-electron chi connectivity index (χ4n) is 2.81. The minimum atomic E-state index is -0.549. The molecule has 0 saturated heterocycles. The van der Waals surface area contributed by atoms with E-state index in [0.29, 0.717) is 11.4 Å². The Bertz CT molecular complexity index is 1160. The van der Waals surface area contributed by atoms with E-state index in [-0.39, 0.29) is 17.4 Å². The second-order valence-electron chi connectivity index (χ2n) is 6.24. The zero-order chi connectivity index (χ0) is 19.5. The summed E-state index contributed by atoms with van der Waals surface area (Å²) in [4.78, 5) is 19.1. The lowest BCUT2D eigenvalue weighted by molar-refractivity contribution is -0.385. The van der Waals surface area contributed by atoms with Gasteiger partial charge in [0.2, 0.25) is 5.82 Å². The van der Waals surface area contributed by atoms with Crippen LogP contribution in [0.1, 0.15) is 5.56 Å². The van der Waals surface area contributed by atoms with Gasteiger partial charge < -0.3 is 10.1 Å². The first kappa shape index (κ1) is 17.4. The van der Waals surface area contributed by atoms with E-state index in [1.165, 1.54) is 6.33 Å². The molecule has 0 fully saturated rings. The highest BCUT2D eigenvalue weighted by molar-refractivity contribution is 5.83. The number of anilines is 2. The minimum Gasteiger partial charge on any atom is -0.434 e. The summed E-state index contributed by atoms with van der Waals surface area (Å²) in [7, 11) is 0. The van der Waals surface area contributed by atoms with E-state index in [1.54, 1.807) is 6.07 Å². The van der Waals surface area contributed by atoms with Crippen LogP contribution in [0.15, 0.2) is 73.1 Å². The topological polar surface area (TPSA) is 90.2 Å². The summed E-state index contributed by atoms with van der Waals surface area (Å²) < 4.78 is 5.74. The molecule has 1 heterocycles. The van der Waals surface area contributed by atoms with Crippen molar-refractivity contribution in [3.05, 3.63) is 88.7 Å². The summed E-state index contributed by atoms with van der Waals surface area (Å²) in [6.45, 7) is 1.96. The van der Waals surface area contributed by atoms with Gasteiger partial charge in [0.05, 0.1) is 4.92 Å². The van der Waals surface area contributed by atoms with Crippen molar-refractivity contribution in [3.8, 4) is 11.6 Å². The van der Waals surface area contributed by atoms with Crippen LogP contribution in [0.25, 0.3) is 10.8 Å². The molecule has 3 aromatic carbocycles. The van der Waals surface area contributed by atoms with Gasteiger partial charge in [0.25, 0.3) is 0 Å². The summed E-state index contributed by atoms with van der Waals surface area (Å²) in [5, 5.41) is 16.7. The first-order valence-electron chi connectivity index (χ1n) is 8.60. The van der Waals surface area contributed by atoms with Gasteiger partial charge in [0.15, 0.2) is 0 Å². The molecule has 7 heteroatoms. The van der Waals surface area contributed by atoms with Crippen LogP contribution in [-0.4, -0.2) is 14.9 Å². The Kier molecular flexibility index (Phi) is 4.55. The molecule has 0 aliphatic carbocycles. The van der Waals surface area contributed by atoms with Crippen molar-refractivity contribution < 1.29 is 9.66 Å². The number of aromatic nitrogens is 2. The van der Waals surface area contributed by atoms with Crippen LogP contribution in [0.3, 0.4) is 0 Å². The number of nitro groups is 1. The number of hydrogen-bond acceptors (Lipinski definition) is 6. The maximum Gasteiger partial charge on any atom is 0.373 e. The number of benzene rings is 3. The van der Waals surface area contributed by atoms with Crippen LogP contribution in [0.2, 0.25) is 0 Å². The van der Waals surface area contributed by atoms with E-state index in [0.717, 1.165) is 16.3 Å². The van der Waals surface area contributed by atoms with Gasteiger partial charge in [0, 0.05) is 5.69 Å². The summed E-state index contributed by atoms with van der Waals surface area (Å²) >= 11 is 0. The Morgan fingerprint density at radius 1 is 0.964 bits per heavy atom. The van der Waals surface area contributed by atoms with Gasteiger partial charge in [-0.2, -0.15) is 4.98 Å². The molecule has 0 bridgehead atoms. The Morgan fingerprint density at radius 3 is 2.46 bits per heavy atom. The standard InChI is InChI=1S/C21H16N4O3/c1-14-6-9-17(10-7-14)24-20-19(25(26)27)21(23-13-22-20)28-18-11-8-15-4-2-3-5-16(15)12-18/h2-13H,1H3,(H,22,23,24). The fraction of sp³-hybridized carbons (Fsp3) is 0.0476. The molecule has 0 unspecified atom stereocenters. The summed E-state index contributed by atoms with van der Waals surface area (Å²) in [5.41, 5.74) is 1.45. The van der Waals surface area contributed by atoms with Crippen LogP contribution in [0.4, 0.5) is 17.2 Å². The molecule has 0 radical (unpaired) electrons. The van der Waals surface area contributed by atoms with E-state index in [4.69, 9.17) is 4.74 Å². The van der Waals surface area contributed by atoms with Crippen molar-refractivity contribution in [2.24, 2.45) is 0 Å². The molecule has 1 aromatic heterocycles. The van der Waals surface area contributed by atoms with Crippen LogP contribution in [0.5, 0.6) is 11.6 Å². The lowest BCUT2D eigenvalue weighted by Gasteiger charge is -2.10.